The number of hydrogen-bond donors (Lipinski definition) is 2. The number of carbonyl (C=O) groups is 5. The molecule has 2 aromatic rings. The molecule has 2 amide bonds. The molecule has 49 heavy (non-hydrogen) atoms. The molecule has 0 bridgehead atoms. The van der Waals surface area contributed by atoms with Gasteiger partial charge in [-0.05, 0) is 45.2 Å². The van der Waals surface area contributed by atoms with E-state index in [1.54, 1.807) is 73.0 Å². The van der Waals surface area contributed by atoms with E-state index in [-0.39, 0.29) is 24.5 Å². The number of rotatable bonds is 6. The number of aromatic nitrogens is 2. The fourth-order valence-corrected chi connectivity index (χ4v) is 7.00. The Bertz CT molecular complexity index is 1560. The third-order valence-electron chi connectivity index (χ3n) is 10.3. The SMILES string of the molecule is CC[C@H]1OC(=O)[C@H](C)C(=O)[C@H](C)[C@@H](C)[C@](C)(OC(=O)NC/C=C/c2ccc(-c3ncccn3)cc2)C[C@@H](C)C(=O)[C@H](C)[C@H]2NC(=O)O[C@@]21C. The molecule has 2 fully saturated rings. The largest absolute Gasteiger partial charge is 0.458 e. The average molecular weight is 677 g/mol. The van der Waals surface area contributed by atoms with Gasteiger partial charge in [0.1, 0.15) is 29.2 Å². The molecule has 2 saturated heterocycles. The second-order valence-electron chi connectivity index (χ2n) is 13.7. The van der Waals surface area contributed by atoms with Crippen LogP contribution in [-0.2, 0) is 28.6 Å². The van der Waals surface area contributed by atoms with Crippen LogP contribution in [0.1, 0.15) is 73.8 Å². The summed E-state index contributed by atoms with van der Waals surface area (Å²) < 4.78 is 17.5. The summed E-state index contributed by atoms with van der Waals surface area (Å²) in [4.78, 5) is 75.2. The van der Waals surface area contributed by atoms with Crippen LogP contribution in [0.4, 0.5) is 9.59 Å². The van der Waals surface area contributed by atoms with E-state index in [0.717, 1.165) is 11.1 Å². The van der Waals surface area contributed by atoms with Crippen LogP contribution in [0.2, 0.25) is 0 Å². The minimum absolute atomic E-state index is 0.101. The molecular weight excluding hydrogens is 628 g/mol. The lowest BCUT2D eigenvalue weighted by Gasteiger charge is -2.42. The molecule has 9 atom stereocenters. The van der Waals surface area contributed by atoms with Gasteiger partial charge in [0.25, 0.3) is 0 Å². The van der Waals surface area contributed by atoms with Gasteiger partial charge in [-0.15, -0.1) is 0 Å². The van der Waals surface area contributed by atoms with Gasteiger partial charge in [0.15, 0.2) is 11.4 Å². The third-order valence-corrected chi connectivity index (χ3v) is 10.3. The summed E-state index contributed by atoms with van der Waals surface area (Å²) in [5.74, 6) is -4.51. The molecule has 2 aliphatic rings. The summed E-state index contributed by atoms with van der Waals surface area (Å²) in [5, 5.41) is 5.49. The monoisotopic (exact) mass is 676 g/mol. The van der Waals surface area contributed by atoms with Crippen LogP contribution in [0.5, 0.6) is 0 Å². The number of carbonyl (C=O) groups excluding carboxylic acids is 5. The molecule has 1 aromatic heterocycles. The zero-order valence-electron chi connectivity index (χ0n) is 29.5. The Morgan fingerprint density at radius 1 is 1.00 bits per heavy atom. The van der Waals surface area contributed by atoms with Gasteiger partial charge in [-0.25, -0.2) is 19.6 Å². The molecule has 0 aliphatic carbocycles. The number of benzene rings is 1. The quantitative estimate of drug-likeness (QED) is 0.225. The molecule has 3 heterocycles. The highest BCUT2D eigenvalue weighted by Gasteiger charge is 2.56. The van der Waals surface area contributed by atoms with Crippen LogP contribution < -0.4 is 10.6 Å². The van der Waals surface area contributed by atoms with Crippen molar-refractivity contribution in [3.05, 3.63) is 54.4 Å². The van der Waals surface area contributed by atoms with Crippen molar-refractivity contribution in [2.75, 3.05) is 6.54 Å². The van der Waals surface area contributed by atoms with E-state index in [2.05, 4.69) is 20.6 Å². The zero-order chi connectivity index (χ0) is 36.1. The average Bonchev–Trinajstić information content (AvgIpc) is 3.41. The first-order chi connectivity index (χ1) is 23.1. The van der Waals surface area contributed by atoms with E-state index in [0.29, 0.717) is 12.2 Å². The molecule has 264 valence electrons. The van der Waals surface area contributed by atoms with Crippen LogP contribution in [-0.4, -0.2) is 69.6 Å². The molecule has 1 aromatic carbocycles. The Morgan fingerprint density at radius 2 is 1.65 bits per heavy atom. The Labute approximate surface area is 287 Å². The second kappa shape index (κ2) is 15.3. The highest BCUT2D eigenvalue weighted by atomic mass is 16.6. The van der Waals surface area contributed by atoms with Gasteiger partial charge in [-0.2, -0.15) is 0 Å². The van der Waals surface area contributed by atoms with Crippen molar-refractivity contribution in [2.24, 2.45) is 29.6 Å². The van der Waals surface area contributed by atoms with Gasteiger partial charge < -0.3 is 24.8 Å². The number of cyclic esters (lactones) is 1. The summed E-state index contributed by atoms with van der Waals surface area (Å²) in [5.41, 5.74) is -0.848. The molecule has 4 rings (SSSR count). The highest BCUT2D eigenvalue weighted by Crippen LogP contribution is 2.40. The Kier molecular flexibility index (Phi) is 11.6. The maximum Gasteiger partial charge on any atom is 0.408 e. The maximum absolute atomic E-state index is 13.9. The number of amides is 2. The number of ketones is 2. The standard InChI is InChI=1S/C37H48N4O8/c1-9-28-37(8)31(41-35(46)49-37)23(4)29(42)21(2)20-36(7,25(6)22(3)30(43)24(5)33(44)47-28)48-34(45)40-17-10-12-26-13-15-27(16-14-26)32-38-18-11-19-39-32/h10-16,18-19,21-25,28,31H,9,17,20H2,1-8H3,(H,40,45)(H,41,46)/b12-10+/t21-,22-,23+,24-,25-,28-,31-,36-,37-/m1/s1. The lowest BCUT2D eigenvalue weighted by molar-refractivity contribution is -0.171. The fourth-order valence-electron chi connectivity index (χ4n) is 7.00. The van der Waals surface area contributed by atoms with Crippen molar-refractivity contribution in [3.8, 4) is 11.4 Å². The Morgan fingerprint density at radius 3 is 2.29 bits per heavy atom. The van der Waals surface area contributed by atoms with E-state index in [1.165, 1.54) is 6.92 Å². The van der Waals surface area contributed by atoms with E-state index in [1.807, 2.05) is 30.3 Å². The fraction of sp³-hybridized carbons (Fsp3) is 0.541. The van der Waals surface area contributed by atoms with Crippen molar-refractivity contribution in [1.29, 1.82) is 0 Å². The number of nitrogens with zero attached hydrogens (tertiary/aromatic N) is 2. The van der Waals surface area contributed by atoms with Crippen molar-refractivity contribution in [1.82, 2.24) is 20.6 Å². The van der Waals surface area contributed by atoms with Crippen molar-refractivity contribution < 1.29 is 38.2 Å². The Balaban J connectivity index is 1.52. The van der Waals surface area contributed by atoms with E-state index in [9.17, 15) is 24.0 Å². The molecule has 0 saturated carbocycles. The number of nitrogens with one attached hydrogen (secondary N) is 2. The molecule has 12 heteroatoms. The van der Waals surface area contributed by atoms with Crippen LogP contribution in [0.15, 0.2) is 48.8 Å². The Hall–Kier alpha value is -4.61. The number of hydrogen-bond acceptors (Lipinski definition) is 10. The first kappa shape index (κ1) is 37.2. The first-order valence-electron chi connectivity index (χ1n) is 16.9. The van der Waals surface area contributed by atoms with Crippen molar-refractivity contribution in [3.63, 3.8) is 0 Å². The summed E-state index contributed by atoms with van der Waals surface area (Å²) in [6, 6.07) is 8.61. The lowest BCUT2D eigenvalue weighted by atomic mass is 9.70. The number of alkyl carbamates (subject to hydrolysis) is 2. The predicted octanol–water partition coefficient (Wildman–Crippen LogP) is 5.55. The van der Waals surface area contributed by atoms with Gasteiger partial charge in [0, 0.05) is 48.2 Å². The molecule has 0 radical (unpaired) electrons. The van der Waals surface area contributed by atoms with Crippen LogP contribution in [0.25, 0.3) is 17.5 Å². The molecule has 0 unspecified atom stereocenters. The summed E-state index contributed by atoms with van der Waals surface area (Å²) >= 11 is 0. The van der Waals surface area contributed by atoms with Gasteiger partial charge in [-0.3, -0.25) is 14.4 Å². The van der Waals surface area contributed by atoms with Gasteiger partial charge in [-0.1, -0.05) is 71.0 Å². The summed E-state index contributed by atoms with van der Waals surface area (Å²) in [7, 11) is 0. The topological polar surface area (TPSA) is 163 Å². The molecular formula is C37H48N4O8. The van der Waals surface area contributed by atoms with Crippen molar-refractivity contribution >= 4 is 35.8 Å². The normalized spacial score (nSPS) is 32.8. The number of esters is 1. The van der Waals surface area contributed by atoms with Gasteiger partial charge in [0.05, 0.1) is 6.04 Å². The van der Waals surface area contributed by atoms with Crippen LogP contribution in [0, 0.1) is 29.6 Å². The van der Waals surface area contributed by atoms with Crippen molar-refractivity contribution in [2.45, 2.75) is 91.6 Å². The number of fused-ring (bicyclic) bond motifs is 1. The second-order valence-corrected chi connectivity index (χ2v) is 13.7. The smallest absolute Gasteiger partial charge is 0.408 e. The minimum atomic E-state index is -1.35. The maximum atomic E-state index is 13.9. The number of ether oxygens (including phenoxy) is 3. The highest BCUT2D eigenvalue weighted by molar-refractivity contribution is 6.00. The first-order valence-corrected chi connectivity index (χ1v) is 16.9. The number of Topliss-reactive ketones (excluding diaryl/α,β-unsaturated/α-hetero) is 2. The molecule has 0 spiro atoms. The molecule has 12 nitrogen and oxygen atoms in total. The molecule has 2 aliphatic heterocycles. The summed E-state index contributed by atoms with van der Waals surface area (Å²) in [6.45, 7) is 13.7. The van der Waals surface area contributed by atoms with Gasteiger partial charge >= 0.3 is 18.2 Å². The zero-order valence-corrected chi connectivity index (χ0v) is 29.5. The van der Waals surface area contributed by atoms with E-state index in [4.69, 9.17) is 14.2 Å². The lowest BCUT2D eigenvalue weighted by Crippen LogP contribution is -2.57. The van der Waals surface area contributed by atoms with Crippen LogP contribution in [0.3, 0.4) is 0 Å². The van der Waals surface area contributed by atoms with Gasteiger partial charge in [0.2, 0.25) is 0 Å². The van der Waals surface area contributed by atoms with E-state index < -0.39 is 71.1 Å². The summed E-state index contributed by atoms with van der Waals surface area (Å²) in [6.07, 6.45) is 5.07. The third kappa shape index (κ3) is 8.17. The predicted molar refractivity (Wildman–Crippen MR) is 182 cm³/mol. The minimum Gasteiger partial charge on any atom is -0.458 e. The molecule has 2 N–H and O–H groups in total. The van der Waals surface area contributed by atoms with Crippen LogP contribution >= 0.6 is 0 Å². The van der Waals surface area contributed by atoms with E-state index >= 15 is 0 Å².